The number of nitrogens with one attached hydrogen (secondary N) is 1. The van der Waals surface area contributed by atoms with Gasteiger partial charge in [-0.25, -0.2) is 9.59 Å². The lowest BCUT2D eigenvalue weighted by Crippen LogP contribution is -2.22. The molecule has 0 bridgehead atoms. The molecule has 1 N–H and O–H groups in total. The second-order valence-corrected chi connectivity index (χ2v) is 6.84. The number of anilines is 1. The molecule has 0 aliphatic heterocycles. The van der Waals surface area contributed by atoms with Crippen molar-refractivity contribution in [3.05, 3.63) is 45.1 Å². The van der Waals surface area contributed by atoms with Gasteiger partial charge in [-0.1, -0.05) is 0 Å². The quantitative estimate of drug-likeness (QED) is 0.448. The first kappa shape index (κ1) is 23.1. The van der Waals surface area contributed by atoms with Crippen molar-refractivity contribution in [3.63, 3.8) is 0 Å². The Morgan fingerprint density at radius 3 is 2.37 bits per heavy atom. The van der Waals surface area contributed by atoms with E-state index in [1.54, 1.807) is 13.0 Å². The number of hydrogen-bond donors (Lipinski definition) is 1. The summed E-state index contributed by atoms with van der Waals surface area (Å²) in [6, 6.07) is 4.55. The van der Waals surface area contributed by atoms with E-state index in [1.807, 2.05) is 0 Å². The number of ether oxygens (including phenoxy) is 3. The van der Waals surface area contributed by atoms with E-state index < -0.39 is 30.2 Å². The van der Waals surface area contributed by atoms with E-state index in [4.69, 9.17) is 18.6 Å². The molecule has 2 aromatic rings. The zero-order valence-corrected chi connectivity index (χ0v) is 18.4. The number of ketones is 1. The van der Waals surface area contributed by atoms with Crippen molar-refractivity contribution >= 4 is 45.4 Å². The van der Waals surface area contributed by atoms with Crippen LogP contribution in [0.15, 0.2) is 27.1 Å². The third-order valence-electron chi connectivity index (χ3n) is 3.89. The van der Waals surface area contributed by atoms with Gasteiger partial charge in [0.05, 0.1) is 29.3 Å². The third-order valence-corrected chi connectivity index (χ3v) is 4.51. The molecule has 0 saturated carbocycles. The maximum Gasteiger partial charge on any atom is 0.344 e. The Morgan fingerprint density at radius 1 is 1.10 bits per heavy atom. The molecule has 0 aliphatic rings. The number of halogens is 1. The smallest absolute Gasteiger partial charge is 0.344 e. The summed E-state index contributed by atoms with van der Waals surface area (Å²) in [5.74, 6) is -2.29. The molecule has 1 heterocycles. The summed E-state index contributed by atoms with van der Waals surface area (Å²) in [4.78, 5) is 48.5. The van der Waals surface area contributed by atoms with Crippen LogP contribution in [0.25, 0.3) is 0 Å². The van der Waals surface area contributed by atoms with Gasteiger partial charge in [-0.05, 0) is 54.9 Å². The summed E-state index contributed by atoms with van der Waals surface area (Å²) in [6.45, 7) is 3.79. The molecule has 0 unspecified atom stereocenters. The van der Waals surface area contributed by atoms with Crippen LogP contribution in [0.2, 0.25) is 0 Å². The first-order valence-electron chi connectivity index (χ1n) is 8.81. The lowest BCUT2D eigenvalue weighted by atomic mass is 10.1. The van der Waals surface area contributed by atoms with Crippen LogP contribution in [0, 0.1) is 6.92 Å². The molecule has 0 radical (unpaired) electrons. The molecule has 160 valence electrons. The molecule has 1 aromatic heterocycles. The van der Waals surface area contributed by atoms with Crippen molar-refractivity contribution in [2.24, 2.45) is 0 Å². The molecule has 9 nitrogen and oxygen atoms in total. The van der Waals surface area contributed by atoms with Gasteiger partial charge in [0, 0.05) is 0 Å². The number of methoxy groups -OCH3 is 1. The van der Waals surface area contributed by atoms with Gasteiger partial charge in [0.25, 0.3) is 5.91 Å². The van der Waals surface area contributed by atoms with Crippen LogP contribution in [0.4, 0.5) is 5.88 Å². The fraction of sp³-hybridized carbons (Fsp3) is 0.300. The van der Waals surface area contributed by atoms with E-state index in [0.717, 1.165) is 0 Å². The van der Waals surface area contributed by atoms with E-state index in [9.17, 15) is 19.2 Å². The molecule has 0 spiro atoms. The molecule has 0 fully saturated rings. The number of furan rings is 1. The Hall–Kier alpha value is -3.14. The number of amides is 1. The summed E-state index contributed by atoms with van der Waals surface area (Å²) in [7, 11) is 1.49. The summed E-state index contributed by atoms with van der Waals surface area (Å²) < 4.78 is 20.9. The normalized spacial score (nSPS) is 10.3. The molecule has 0 aliphatic carbocycles. The maximum absolute atomic E-state index is 12.2. The summed E-state index contributed by atoms with van der Waals surface area (Å²) in [6.07, 6.45) is 0. The second kappa shape index (κ2) is 10.1. The standard InChI is InChI=1S/C20H20BrNO8/c1-5-28-20(26)17-16(10(2)23)11(3)30-18(17)22-15(24)9-29-19(25)12-6-7-14(27-4)13(21)8-12/h6-8H,5,9H2,1-4H3,(H,22,24). The Morgan fingerprint density at radius 2 is 1.80 bits per heavy atom. The molecule has 1 aromatic carbocycles. The average Bonchev–Trinajstić information content (AvgIpc) is 3.02. The van der Waals surface area contributed by atoms with E-state index in [2.05, 4.69) is 21.2 Å². The SMILES string of the molecule is CCOC(=O)c1c(NC(=O)COC(=O)c2ccc(OC)c(Br)c2)oc(C)c1C(C)=O. The van der Waals surface area contributed by atoms with Gasteiger partial charge in [0.2, 0.25) is 5.88 Å². The Balaban J connectivity index is 2.12. The van der Waals surface area contributed by atoms with Gasteiger partial charge in [-0.2, -0.15) is 0 Å². The van der Waals surface area contributed by atoms with Crippen molar-refractivity contribution in [2.45, 2.75) is 20.8 Å². The fourth-order valence-electron chi connectivity index (χ4n) is 2.63. The van der Waals surface area contributed by atoms with E-state index in [1.165, 1.54) is 33.1 Å². The highest BCUT2D eigenvalue weighted by atomic mass is 79.9. The first-order chi connectivity index (χ1) is 14.2. The van der Waals surface area contributed by atoms with Crippen LogP contribution in [0.5, 0.6) is 5.75 Å². The number of Topliss-reactive ketones (excluding diaryl/α,β-unsaturated/α-hetero) is 1. The summed E-state index contributed by atoms with van der Waals surface area (Å²) >= 11 is 3.26. The lowest BCUT2D eigenvalue weighted by molar-refractivity contribution is -0.119. The summed E-state index contributed by atoms with van der Waals surface area (Å²) in [5.41, 5.74) is 0.0415. The number of hydrogen-bond acceptors (Lipinski definition) is 8. The molecular weight excluding hydrogens is 462 g/mol. The number of benzene rings is 1. The van der Waals surface area contributed by atoms with Crippen molar-refractivity contribution in [2.75, 3.05) is 25.6 Å². The maximum atomic E-state index is 12.2. The molecular formula is C20H20BrNO8. The predicted octanol–water partition coefficient (Wildman–Crippen LogP) is 3.53. The molecule has 2 rings (SSSR count). The van der Waals surface area contributed by atoms with Gasteiger partial charge in [-0.3, -0.25) is 14.9 Å². The average molecular weight is 482 g/mol. The van der Waals surface area contributed by atoms with Crippen LogP contribution < -0.4 is 10.1 Å². The van der Waals surface area contributed by atoms with Crippen LogP contribution in [0.3, 0.4) is 0 Å². The zero-order valence-electron chi connectivity index (χ0n) is 16.8. The molecule has 0 saturated heterocycles. The van der Waals surface area contributed by atoms with Gasteiger partial charge < -0.3 is 18.6 Å². The number of carbonyl (C=O) groups is 4. The minimum atomic E-state index is -0.810. The Labute approximate surface area is 180 Å². The highest BCUT2D eigenvalue weighted by molar-refractivity contribution is 9.10. The van der Waals surface area contributed by atoms with Crippen LogP contribution in [-0.4, -0.2) is 44.0 Å². The van der Waals surface area contributed by atoms with Crippen molar-refractivity contribution in [1.29, 1.82) is 0 Å². The number of esters is 2. The molecule has 1 amide bonds. The number of aryl methyl sites for hydroxylation is 1. The Bertz CT molecular complexity index is 995. The predicted molar refractivity (Wildman–Crippen MR) is 109 cm³/mol. The van der Waals surface area contributed by atoms with Crippen molar-refractivity contribution in [1.82, 2.24) is 0 Å². The minimum Gasteiger partial charge on any atom is -0.496 e. The van der Waals surface area contributed by atoms with Gasteiger partial charge in [0.1, 0.15) is 17.1 Å². The van der Waals surface area contributed by atoms with E-state index in [0.29, 0.717) is 10.2 Å². The molecule has 0 atom stereocenters. The highest BCUT2D eigenvalue weighted by Crippen LogP contribution is 2.29. The second-order valence-electron chi connectivity index (χ2n) is 5.99. The fourth-order valence-corrected chi connectivity index (χ4v) is 3.17. The highest BCUT2D eigenvalue weighted by Gasteiger charge is 2.29. The van der Waals surface area contributed by atoms with Gasteiger partial charge in [0.15, 0.2) is 12.4 Å². The first-order valence-corrected chi connectivity index (χ1v) is 9.60. The molecule has 10 heteroatoms. The lowest BCUT2D eigenvalue weighted by Gasteiger charge is -2.08. The van der Waals surface area contributed by atoms with Crippen molar-refractivity contribution < 1.29 is 37.8 Å². The topological polar surface area (TPSA) is 121 Å². The molecule has 30 heavy (non-hydrogen) atoms. The van der Waals surface area contributed by atoms with Crippen LogP contribution in [0.1, 0.15) is 50.7 Å². The van der Waals surface area contributed by atoms with Crippen molar-refractivity contribution in [3.8, 4) is 5.75 Å². The van der Waals surface area contributed by atoms with Gasteiger partial charge >= 0.3 is 11.9 Å². The van der Waals surface area contributed by atoms with Gasteiger partial charge in [-0.15, -0.1) is 0 Å². The van der Waals surface area contributed by atoms with E-state index in [-0.39, 0.29) is 34.9 Å². The minimum absolute atomic E-state index is 0.0174. The van der Waals surface area contributed by atoms with E-state index >= 15 is 0 Å². The monoisotopic (exact) mass is 481 g/mol. The number of rotatable bonds is 8. The zero-order chi connectivity index (χ0) is 22.4. The summed E-state index contributed by atoms with van der Waals surface area (Å²) in [5, 5.41) is 2.34. The van der Waals surface area contributed by atoms with Crippen LogP contribution >= 0.6 is 15.9 Å². The Kier molecular flexibility index (Phi) is 7.76. The number of carbonyl (C=O) groups excluding carboxylic acids is 4. The van der Waals surface area contributed by atoms with Crippen LogP contribution in [-0.2, 0) is 14.3 Å². The largest absolute Gasteiger partial charge is 0.496 e. The third kappa shape index (κ3) is 5.26.